The first kappa shape index (κ1) is 11.5. The molecule has 3 saturated heterocycles. The minimum absolute atomic E-state index is 0.277. The van der Waals surface area contributed by atoms with Gasteiger partial charge in [-0.15, -0.1) is 0 Å². The lowest BCUT2D eigenvalue weighted by Crippen LogP contribution is -2.53. The van der Waals surface area contributed by atoms with E-state index in [4.69, 9.17) is 0 Å². The van der Waals surface area contributed by atoms with Gasteiger partial charge in [0.05, 0.1) is 5.92 Å². The van der Waals surface area contributed by atoms with Crippen LogP contribution in [0.4, 0.5) is 0 Å². The van der Waals surface area contributed by atoms with Crippen molar-refractivity contribution in [2.45, 2.75) is 19.3 Å². The summed E-state index contributed by atoms with van der Waals surface area (Å²) in [6.45, 7) is 6.17. The monoisotopic (exact) mass is 237 g/mol. The third-order valence-corrected chi connectivity index (χ3v) is 4.75. The maximum absolute atomic E-state index is 12.1. The first-order valence-electron chi connectivity index (χ1n) is 7.05. The summed E-state index contributed by atoms with van der Waals surface area (Å²) < 4.78 is 0. The Balaban J connectivity index is 1.47. The van der Waals surface area contributed by atoms with Gasteiger partial charge in [-0.3, -0.25) is 4.79 Å². The second-order valence-electron chi connectivity index (χ2n) is 5.77. The molecule has 0 aromatic rings. The van der Waals surface area contributed by atoms with Gasteiger partial charge < -0.3 is 15.5 Å². The summed E-state index contributed by atoms with van der Waals surface area (Å²) in [4.78, 5) is 14.2. The van der Waals surface area contributed by atoms with Gasteiger partial charge in [0, 0.05) is 26.2 Å². The number of carbonyl (C=O) groups excluding carboxylic acids is 1. The Morgan fingerprint density at radius 2 is 1.71 bits per heavy atom. The standard InChI is InChI=1S/C13H23N3O/c17-13(12-8-15-9-12)16-5-2-10(3-6-16)11-1-4-14-7-11/h10-12,14-15H,1-9H2/t11-/m1/s1. The van der Waals surface area contributed by atoms with Crippen molar-refractivity contribution in [2.24, 2.45) is 17.8 Å². The molecular formula is C13H23N3O. The molecule has 17 heavy (non-hydrogen) atoms. The quantitative estimate of drug-likeness (QED) is 0.713. The molecule has 1 amide bonds. The van der Waals surface area contributed by atoms with E-state index in [-0.39, 0.29) is 5.92 Å². The maximum Gasteiger partial charge on any atom is 0.228 e. The third-order valence-electron chi connectivity index (χ3n) is 4.75. The van der Waals surface area contributed by atoms with Crippen molar-refractivity contribution in [1.82, 2.24) is 15.5 Å². The van der Waals surface area contributed by atoms with Crippen LogP contribution in [0.5, 0.6) is 0 Å². The molecule has 0 radical (unpaired) electrons. The molecule has 3 fully saturated rings. The highest BCUT2D eigenvalue weighted by Crippen LogP contribution is 2.29. The van der Waals surface area contributed by atoms with Crippen LogP contribution in [-0.2, 0) is 4.79 Å². The van der Waals surface area contributed by atoms with Crippen molar-refractivity contribution in [2.75, 3.05) is 39.3 Å². The van der Waals surface area contributed by atoms with Crippen LogP contribution >= 0.6 is 0 Å². The average Bonchev–Trinajstić information content (AvgIpc) is 2.80. The van der Waals surface area contributed by atoms with Gasteiger partial charge in [0.2, 0.25) is 5.91 Å². The van der Waals surface area contributed by atoms with Crippen LogP contribution in [0.15, 0.2) is 0 Å². The fourth-order valence-electron chi connectivity index (χ4n) is 3.39. The number of nitrogens with one attached hydrogen (secondary N) is 2. The Bertz CT molecular complexity index is 276. The highest BCUT2D eigenvalue weighted by molar-refractivity contribution is 5.80. The summed E-state index contributed by atoms with van der Waals surface area (Å²) in [5.41, 5.74) is 0. The Labute approximate surface area is 103 Å². The molecule has 4 heteroatoms. The van der Waals surface area contributed by atoms with Crippen molar-refractivity contribution in [3.8, 4) is 0 Å². The first-order chi connectivity index (χ1) is 8.34. The molecule has 0 aliphatic carbocycles. The van der Waals surface area contributed by atoms with E-state index in [1.807, 2.05) is 0 Å². The number of amides is 1. The number of likely N-dealkylation sites (tertiary alicyclic amines) is 1. The Hall–Kier alpha value is -0.610. The van der Waals surface area contributed by atoms with Crippen LogP contribution in [0.1, 0.15) is 19.3 Å². The lowest BCUT2D eigenvalue weighted by atomic mass is 9.83. The summed E-state index contributed by atoms with van der Waals surface area (Å²) in [7, 11) is 0. The molecule has 0 aromatic heterocycles. The molecule has 1 atom stereocenters. The van der Waals surface area contributed by atoms with Crippen molar-refractivity contribution in [3.05, 3.63) is 0 Å². The molecule has 0 aromatic carbocycles. The van der Waals surface area contributed by atoms with E-state index in [0.717, 1.165) is 38.0 Å². The minimum atomic E-state index is 0.277. The van der Waals surface area contributed by atoms with Gasteiger partial charge in [-0.05, 0) is 44.2 Å². The predicted molar refractivity (Wildman–Crippen MR) is 66.6 cm³/mol. The van der Waals surface area contributed by atoms with Gasteiger partial charge in [0.15, 0.2) is 0 Å². The SMILES string of the molecule is O=C(C1CNC1)N1CCC([C@@H]2CCNC2)CC1. The Morgan fingerprint density at radius 1 is 0.941 bits per heavy atom. The zero-order chi connectivity index (χ0) is 11.7. The third kappa shape index (κ3) is 2.33. The smallest absolute Gasteiger partial charge is 0.228 e. The second-order valence-corrected chi connectivity index (χ2v) is 5.77. The largest absolute Gasteiger partial charge is 0.342 e. The molecule has 3 aliphatic rings. The molecule has 0 bridgehead atoms. The van der Waals surface area contributed by atoms with Crippen LogP contribution in [0.25, 0.3) is 0 Å². The molecule has 96 valence electrons. The summed E-state index contributed by atoms with van der Waals surface area (Å²) in [5.74, 6) is 2.40. The summed E-state index contributed by atoms with van der Waals surface area (Å²) in [6.07, 6.45) is 3.78. The van der Waals surface area contributed by atoms with Gasteiger partial charge in [-0.25, -0.2) is 0 Å². The lowest BCUT2D eigenvalue weighted by Gasteiger charge is -2.38. The molecule has 0 saturated carbocycles. The molecule has 3 aliphatic heterocycles. The minimum Gasteiger partial charge on any atom is -0.342 e. The molecule has 0 spiro atoms. The number of hydrogen-bond acceptors (Lipinski definition) is 3. The summed E-state index contributed by atoms with van der Waals surface area (Å²) in [5, 5.41) is 6.63. The summed E-state index contributed by atoms with van der Waals surface area (Å²) in [6, 6.07) is 0. The molecule has 0 unspecified atom stereocenters. The van der Waals surface area contributed by atoms with Gasteiger partial charge >= 0.3 is 0 Å². The second kappa shape index (κ2) is 4.94. The highest BCUT2D eigenvalue weighted by Gasteiger charge is 2.33. The predicted octanol–water partition coefficient (Wildman–Crippen LogP) is 0.0539. The molecular weight excluding hydrogens is 214 g/mol. The van der Waals surface area contributed by atoms with Gasteiger partial charge in [-0.1, -0.05) is 0 Å². The zero-order valence-electron chi connectivity index (χ0n) is 10.5. The highest BCUT2D eigenvalue weighted by atomic mass is 16.2. The number of nitrogens with zero attached hydrogens (tertiary/aromatic N) is 1. The van der Waals surface area contributed by atoms with Crippen molar-refractivity contribution in [1.29, 1.82) is 0 Å². The molecule has 4 nitrogen and oxygen atoms in total. The van der Waals surface area contributed by atoms with Crippen LogP contribution in [0.2, 0.25) is 0 Å². The van der Waals surface area contributed by atoms with Crippen molar-refractivity contribution in [3.63, 3.8) is 0 Å². The van der Waals surface area contributed by atoms with Crippen LogP contribution in [0, 0.1) is 17.8 Å². The van der Waals surface area contributed by atoms with E-state index < -0.39 is 0 Å². The van der Waals surface area contributed by atoms with Crippen LogP contribution in [0.3, 0.4) is 0 Å². The van der Waals surface area contributed by atoms with E-state index in [0.29, 0.717) is 5.91 Å². The topological polar surface area (TPSA) is 44.4 Å². The fraction of sp³-hybridized carbons (Fsp3) is 0.923. The normalized spacial score (nSPS) is 31.5. The van der Waals surface area contributed by atoms with E-state index in [1.54, 1.807) is 0 Å². The van der Waals surface area contributed by atoms with Crippen molar-refractivity contribution < 1.29 is 4.79 Å². The van der Waals surface area contributed by atoms with Crippen molar-refractivity contribution >= 4 is 5.91 Å². The maximum atomic E-state index is 12.1. The van der Waals surface area contributed by atoms with Gasteiger partial charge in [0.25, 0.3) is 0 Å². The van der Waals surface area contributed by atoms with Gasteiger partial charge in [0.1, 0.15) is 0 Å². The van der Waals surface area contributed by atoms with E-state index in [1.165, 1.54) is 32.4 Å². The first-order valence-corrected chi connectivity index (χ1v) is 7.05. The lowest BCUT2D eigenvalue weighted by molar-refractivity contribution is -0.138. The number of rotatable bonds is 2. The fourth-order valence-corrected chi connectivity index (χ4v) is 3.39. The number of piperidine rings is 1. The Kier molecular flexibility index (Phi) is 3.34. The van der Waals surface area contributed by atoms with Crippen LogP contribution < -0.4 is 10.6 Å². The molecule has 3 heterocycles. The molecule has 3 rings (SSSR count). The van der Waals surface area contributed by atoms with E-state index >= 15 is 0 Å². The number of hydrogen-bond donors (Lipinski definition) is 2. The zero-order valence-corrected chi connectivity index (χ0v) is 10.5. The molecule has 2 N–H and O–H groups in total. The Morgan fingerprint density at radius 3 is 2.24 bits per heavy atom. The van der Waals surface area contributed by atoms with Gasteiger partial charge in [-0.2, -0.15) is 0 Å². The number of carbonyl (C=O) groups is 1. The van der Waals surface area contributed by atoms with E-state index in [9.17, 15) is 4.79 Å². The van der Waals surface area contributed by atoms with Crippen LogP contribution in [-0.4, -0.2) is 50.1 Å². The summed E-state index contributed by atoms with van der Waals surface area (Å²) >= 11 is 0. The van der Waals surface area contributed by atoms with E-state index in [2.05, 4.69) is 15.5 Å². The average molecular weight is 237 g/mol.